The van der Waals surface area contributed by atoms with Gasteiger partial charge in [-0.25, -0.2) is 4.39 Å². The lowest BCUT2D eigenvalue weighted by Gasteiger charge is -2.63. The molecule has 1 aliphatic carbocycles. The van der Waals surface area contributed by atoms with Crippen molar-refractivity contribution in [3.63, 3.8) is 0 Å². The Morgan fingerprint density at radius 2 is 1.58 bits per heavy atom. The van der Waals surface area contributed by atoms with Crippen LogP contribution >= 0.6 is 11.6 Å². The van der Waals surface area contributed by atoms with E-state index in [-0.39, 0.29) is 58.8 Å². The average molecular weight is 866 g/mol. The zero-order valence-electron chi connectivity index (χ0n) is 35.2. The second kappa shape index (κ2) is 15.3. The number of carbonyl (C=O) groups is 5. The van der Waals surface area contributed by atoms with Crippen molar-refractivity contribution in [2.75, 3.05) is 49.1 Å². The molecule has 6 heterocycles. The van der Waals surface area contributed by atoms with Gasteiger partial charge in [-0.3, -0.25) is 39.1 Å². The molecule has 4 saturated heterocycles. The summed E-state index contributed by atoms with van der Waals surface area (Å²) < 4.78 is 21.9. The van der Waals surface area contributed by atoms with Crippen LogP contribution in [-0.2, 0) is 9.59 Å². The largest absolute Gasteiger partial charge is 0.489 e. The molecule has 1 unspecified atom stereocenters. The summed E-state index contributed by atoms with van der Waals surface area (Å²) in [5.41, 5.74) is 0.251. The highest BCUT2D eigenvalue weighted by Crippen LogP contribution is 2.55. The standard InChI is InChI=1S/C45H49ClFN9O6/c1-43(2)41(44(3,4)42(43)62-27-6-5-25(22-48)30(46)19-27)50-37(58)32-7-9-35(52-51-32)54-15-11-26(12-16-54)55-23-45(24-55)13-17-53(18-14-45)34-21-29-28(20-31(34)47)39(60)56(40(29)61)33-8-10-36(57)49-38(33)59/h5-7,9,19-21,26,33,41-42H,8,10-18,23-24H2,1-4H3,(H,50,58)(H,49,57,59)/t33?,41-,42+. The predicted molar refractivity (Wildman–Crippen MR) is 225 cm³/mol. The van der Waals surface area contributed by atoms with Crippen molar-refractivity contribution in [3.05, 3.63) is 75.7 Å². The lowest BCUT2D eigenvalue weighted by atomic mass is 9.49. The van der Waals surface area contributed by atoms with Gasteiger partial charge < -0.3 is 19.9 Å². The Bertz CT molecular complexity index is 2400. The van der Waals surface area contributed by atoms with E-state index in [1.54, 1.807) is 24.3 Å². The molecule has 324 valence electrons. The van der Waals surface area contributed by atoms with Crippen LogP contribution in [0.5, 0.6) is 5.75 Å². The first-order chi connectivity index (χ1) is 29.5. The van der Waals surface area contributed by atoms with Crippen molar-refractivity contribution in [1.29, 1.82) is 5.26 Å². The number of fused-ring (bicyclic) bond motifs is 1. The zero-order chi connectivity index (χ0) is 43.9. The number of carbonyl (C=O) groups excluding carboxylic acids is 5. The maximum atomic E-state index is 15.5. The van der Waals surface area contributed by atoms with Gasteiger partial charge in [0, 0.05) is 74.7 Å². The van der Waals surface area contributed by atoms with Gasteiger partial charge in [0.1, 0.15) is 29.8 Å². The first kappa shape index (κ1) is 41.7. The Kier molecular flexibility index (Phi) is 10.3. The van der Waals surface area contributed by atoms with Gasteiger partial charge in [-0.05, 0) is 73.9 Å². The van der Waals surface area contributed by atoms with Gasteiger partial charge in [0.05, 0.1) is 27.4 Å². The number of ether oxygens (including phenoxy) is 1. The smallest absolute Gasteiger partial charge is 0.272 e. The quantitative estimate of drug-likeness (QED) is 0.298. The third-order valence-corrected chi connectivity index (χ3v) is 14.7. The number of hydrogen-bond donors (Lipinski definition) is 2. The number of benzene rings is 2. The van der Waals surface area contributed by atoms with Gasteiger partial charge in [-0.15, -0.1) is 10.2 Å². The average Bonchev–Trinajstić information content (AvgIpc) is 3.47. The second-order valence-electron chi connectivity index (χ2n) is 19.0. The van der Waals surface area contributed by atoms with Crippen LogP contribution in [0.15, 0.2) is 42.5 Å². The van der Waals surface area contributed by atoms with Crippen LogP contribution in [0.3, 0.4) is 0 Å². The number of imide groups is 2. The van der Waals surface area contributed by atoms with Gasteiger partial charge in [0.15, 0.2) is 11.5 Å². The summed E-state index contributed by atoms with van der Waals surface area (Å²) in [5.74, 6) is -2.09. The predicted octanol–water partition coefficient (Wildman–Crippen LogP) is 4.73. The molecular formula is C45H49ClFN9O6. The summed E-state index contributed by atoms with van der Waals surface area (Å²) in [6.07, 6.45) is 3.53. The van der Waals surface area contributed by atoms with Crippen LogP contribution < -0.4 is 25.2 Å². The van der Waals surface area contributed by atoms with E-state index in [4.69, 9.17) is 16.3 Å². The van der Waals surface area contributed by atoms with Crippen LogP contribution in [-0.4, -0.2) is 113 Å². The number of nitrogens with zero attached hydrogens (tertiary/aromatic N) is 7. The Morgan fingerprint density at radius 3 is 2.19 bits per heavy atom. The van der Waals surface area contributed by atoms with E-state index in [0.717, 1.165) is 68.6 Å². The van der Waals surface area contributed by atoms with Gasteiger partial charge in [-0.1, -0.05) is 39.3 Å². The number of aromatic nitrogens is 2. The number of nitrogens with one attached hydrogen (secondary N) is 2. The first-order valence-corrected chi connectivity index (χ1v) is 21.7. The van der Waals surface area contributed by atoms with E-state index in [2.05, 4.69) is 64.4 Å². The van der Waals surface area contributed by atoms with Crippen molar-refractivity contribution < 1.29 is 33.1 Å². The molecule has 5 aliphatic heterocycles. The Hall–Kier alpha value is -5.66. The monoisotopic (exact) mass is 865 g/mol. The molecule has 6 aliphatic rings. The zero-order valence-corrected chi connectivity index (χ0v) is 35.9. The summed E-state index contributed by atoms with van der Waals surface area (Å²) in [6, 6.07) is 12.4. The van der Waals surface area contributed by atoms with E-state index < -0.39 is 46.3 Å². The van der Waals surface area contributed by atoms with E-state index in [9.17, 15) is 29.2 Å². The van der Waals surface area contributed by atoms with Crippen molar-refractivity contribution >= 4 is 52.6 Å². The van der Waals surface area contributed by atoms with Gasteiger partial charge >= 0.3 is 0 Å². The maximum Gasteiger partial charge on any atom is 0.272 e. The van der Waals surface area contributed by atoms with Gasteiger partial charge in [-0.2, -0.15) is 5.26 Å². The molecule has 1 atom stereocenters. The number of nitriles is 1. The molecule has 2 N–H and O–H groups in total. The molecule has 3 aromatic rings. The van der Waals surface area contributed by atoms with Crippen molar-refractivity contribution in [2.24, 2.45) is 16.2 Å². The summed E-state index contributed by atoms with van der Waals surface area (Å²) in [7, 11) is 0. The fourth-order valence-corrected chi connectivity index (χ4v) is 11.4. The summed E-state index contributed by atoms with van der Waals surface area (Å²) in [5, 5.41) is 23.7. The lowest BCUT2D eigenvalue weighted by molar-refractivity contribution is -0.164. The van der Waals surface area contributed by atoms with Crippen LogP contribution in [0.25, 0.3) is 0 Å². The molecule has 2 aromatic carbocycles. The highest BCUT2D eigenvalue weighted by atomic mass is 35.5. The molecule has 5 fully saturated rings. The molecule has 15 nitrogen and oxygen atoms in total. The highest BCUT2D eigenvalue weighted by molar-refractivity contribution is 6.31. The van der Waals surface area contributed by atoms with E-state index in [1.807, 2.05) is 11.0 Å². The van der Waals surface area contributed by atoms with Crippen molar-refractivity contribution in [2.45, 2.75) is 90.4 Å². The number of piperidine rings is 3. The molecule has 62 heavy (non-hydrogen) atoms. The normalized spacial score (nSPS) is 25.4. The third-order valence-electron chi connectivity index (χ3n) is 14.4. The van der Waals surface area contributed by atoms with E-state index in [1.165, 1.54) is 6.07 Å². The van der Waals surface area contributed by atoms with Crippen LogP contribution in [0, 0.1) is 33.4 Å². The number of amides is 5. The third kappa shape index (κ3) is 7.03. The number of hydrogen-bond acceptors (Lipinski definition) is 12. The minimum atomic E-state index is -1.10. The molecule has 0 radical (unpaired) electrons. The number of halogens is 2. The molecule has 1 spiro atoms. The number of likely N-dealkylation sites (tertiary alicyclic amines) is 1. The van der Waals surface area contributed by atoms with Crippen LogP contribution in [0.2, 0.25) is 5.02 Å². The maximum absolute atomic E-state index is 15.5. The number of anilines is 2. The topological polar surface area (TPSA) is 181 Å². The molecule has 1 saturated carbocycles. The Balaban J connectivity index is 0.739. The summed E-state index contributed by atoms with van der Waals surface area (Å²) in [6.45, 7) is 13.0. The minimum Gasteiger partial charge on any atom is -0.489 e. The van der Waals surface area contributed by atoms with Crippen molar-refractivity contribution in [3.8, 4) is 11.8 Å². The molecule has 17 heteroatoms. The van der Waals surface area contributed by atoms with Crippen LogP contribution in [0.1, 0.15) is 103 Å². The first-order valence-electron chi connectivity index (χ1n) is 21.3. The molecule has 1 aromatic heterocycles. The van der Waals surface area contributed by atoms with Crippen LogP contribution in [0.4, 0.5) is 15.9 Å². The summed E-state index contributed by atoms with van der Waals surface area (Å²) >= 11 is 6.24. The SMILES string of the molecule is CC1(C)[C@H](NC(=O)c2ccc(N3CCC(N4CC5(CCN(c6cc7c(cc6F)C(=O)N(C6CCC(=O)NC6=O)C7=O)CC5)C4)CC3)nn2)C(C)(C)[C@@H]1Oc1ccc(C#N)c(Cl)c1. The molecular weight excluding hydrogens is 817 g/mol. The Labute approximate surface area is 363 Å². The Morgan fingerprint density at radius 1 is 0.903 bits per heavy atom. The molecule has 5 amide bonds. The minimum absolute atomic E-state index is 0.0156. The number of rotatable bonds is 8. The van der Waals surface area contributed by atoms with E-state index in [0.29, 0.717) is 35.5 Å². The second-order valence-corrected chi connectivity index (χ2v) is 19.4. The molecule has 9 rings (SSSR count). The fraction of sp³-hybridized carbons (Fsp3) is 0.511. The highest BCUT2D eigenvalue weighted by Gasteiger charge is 2.64. The van der Waals surface area contributed by atoms with Crippen molar-refractivity contribution in [1.82, 2.24) is 30.6 Å². The van der Waals surface area contributed by atoms with Gasteiger partial charge in [0.25, 0.3) is 17.7 Å². The fourth-order valence-electron chi connectivity index (χ4n) is 11.2. The lowest BCUT2D eigenvalue weighted by Crippen LogP contribution is -2.74. The summed E-state index contributed by atoms with van der Waals surface area (Å²) in [4.78, 5) is 71.6. The molecule has 0 bridgehead atoms. The van der Waals surface area contributed by atoms with Gasteiger partial charge in [0.2, 0.25) is 11.8 Å². The van der Waals surface area contributed by atoms with E-state index >= 15 is 4.39 Å².